The summed E-state index contributed by atoms with van der Waals surface area (Å²) in [5.74, 6) is -0.580. The first-order chi connectivity index (χ1) is 9.65. The van der Waals surface area contributed by atoms with Crippen molar-refractivity contribution in [2.45, 2.75) is 32.1 Å². The molecule has 1 fully saturated rings. The number of aromatic nitrogens is 1. The van der Waals surface area contributed by atoms with Crippen molar-refractivity contribution in [2.24, 2.45) is 5.92 Å². The van der Waals surface area contributed by atoms with Crippen molar-refractivity contribution in [3.63, 3.8) is 0 Å². The number of amides is 1. The highest BCUT2D eigenvalue weighted by Crippen LogP contribution is 2.20. The summed E-state index contributed by atoms with van der Waals surface area (Å²) >= 11 is 0. The van der Waals surface area contributed by atoms with E-state index in [1.54, 1.807) is 11.1 Å². The van der Waals surface area contributed by atoms with Crippen LogP contribution in [-0.2, 0) is 16.0 Å². The molecular formula is C15H20N2O3. The molecule has 0 aromatic carbocycles. The molecule has 2 heterocycles. The summed E-state index contributed by atoms with van der Waals surface area (Å²) in [4.78, 5) is 28.9. The van der Waals surface area contributed by atoms with Crippen molar-refractivity contribution < 1.29 is 14.7 Å². The van der Waals surface area contributed by atoms with Crippen LogP contribution in [0.25, 0.3) is 0 Å². The highest BCUT2D eigenvalue weighted by Gasteiger charge is 2.24. The highest BCUT2D eigenvalue weighted by molar-refractivity contribution is 5.76. The van der Waals surface area contributed by atoms with Crippen molar-refractivity contribution in [3.8, 4) is 0 Å². The molecule has 0 spiro atoms. The Morgan fingerprint density at radius 2 is 2.25 bits per heavy atom. The number of carbonyl (C=O) groups is 2. The molecule has 1 saturated heterocycles. The number of aryl methyl sites for hydroxylation is 1. The molecule has 2 rings (SSSR count). The van der Waals surface area contributed by atoms with E-state index in [0.717, 1.165) is 25.1 Å². The van der Waals surface area contributed by atoms with E-state index in [2.05, 4.69) is 4.98 Å². The lowest BCUT2D eigenvalue weighted by Crippen LogP contribution is -2.40. The fourth-order valence-electron chi connectivity index (χ4n) is 2.64. The van der Waals surface area contributed by atoms with Gasteiger partial charge < -0.3 is 10.0 Å². The van der Waals surface area contributed by atoms with Crippen LogP contribution in [0.5, 0.6) is 0 Å². The SMILES string of the molecule is O=C(O)CC1CCCN(C(=O)CCc2ccccn2)C1. The Kier molecular flexibility index (Phi) is 5.09. The molecule has 0 saturated carbocycles. The molecule has 5 heteroatoms. The minimum Gasteiger partial charge on any atom is -0.481 e. The van der Waals surface area contributed by atoms with Crippen molar-refractivity contribution >= 4 is 11.9 Å². The summed E-state index contributed by atoms with van der Waals surface area (Å²) < 4.78 is 0. The summed E-state index contributed by atoms with van der Waals surface area (Å²) in [7, 11) is 0. The lowest BCUT2D eigenvalue weighted by atomic mass is 9.94. The van der Waals surface area contributed by atoms with Crippen LogP contribution in [0.1, 0.15) is 31.4 Å². The van der Waals surface area contributed by atoms with Crippen LogP contribution in [0.15, 0.2) is 24.4 Å². The first-order valence-electron chi connectivity index (χ1n) is 7.04. The van der Waals surface area contributed by atoms with Crippen LogP contribution < -0.4 is 0 Å². The maximum atomic E-state index is 12.2. The van der Waals surface area contributed by atoms with Crippen LogP contribution in [0.4, 0.5) is 0 Å². The maximum Gasteiger partial charge on any atom is 0.303 e. The number of aliphatic carboxylic acids is 1. The Hall–Kier alpha value is -1.91. The van der Waals surface area contributed by atoms with Gasteiger partial charge in [-0.1, -0.05) is 6.07 Å². The van der Waals surface area contributed by atoms with E-state index in [1.165, 1.54) is 0 Å². The Labute approximate surface area is 118 Å². The van der Waals surface area contributed by atoms with Crippen LogP contribution in [-0.4, -0.2) is 40.0 Å². The number of hydrogen-bond acceptors (Lipinski definition) is 3. The molecule has 0 bridgehead atoms. The first kappa shape index (κ1) is 14.5. The van der Waals surface area contributed by atoms with Gasteiger partial charge in [0.15, 0.2) is 0 Å². The van der Waals surface area contributed by atoms with Crippen molar-refractivity contribution in [1.82, 2.24) is 9.88 Å². The number of carboxylic acid groups (broad SMARTS) is 1. The van der Waals surface area contributed by atoms with E-state index in [9.17, 15) is 9.59 Å². The smallest absolute Gasteiger partial charge is 0.303 e. The third kappa shape index (κ3) is 4.33. The fraction of sp³-hybridized carbons (Fsp3) is 0.533. The van der Waals surface area contributed by atoms with Gasteiger partial charge in [0.05, 0.1) is 0 Å². The highest BCUT2D eigenvalue weighted by atomic mass is 16.4. The lowest BCUT2D eigenvalue weighted by molar-refractivity contribution is -0.140. The van der Waals surface area contributed by atoms with Gasteiger partial charge >= 0.3 is 5.97 Å². The second kappa shape index (κ2) is 7.03. The van der Waals surface area contributed by atoms with Gasteiger partial charge in [0, 0.05) is 37.8 Å². The van der Waals surface area contributed by atoms with Gasteiger partial charge in [-0.2, -0.15) is 0 Å². The van der Waals surface area contributed by atoms with Gasteiger partial charge in [-0.05, 0) is 37.3 Å². The molecule has 1 aromatic rings. The van der Waals surface area contributed by atoms with Crippen molar-refractivity contribution in [1.29, 1.82) is 0 Å². The van der Waals surface area contributed by atoms with Gasteiger partial charge in [-0.25, -0.2) is 0 Å². The van der Waals surface area contributed by atoms with E-state index in [4.69, 9.17) is 5.11 Å². The summed E-state index contributed by atoms with van der Waals surface area (Å²) in [5, 5.41) is 8.83. The summed E-state index contributed by atoms with van der Waals surface area (Å²) in [5.41, 5.74) is 0.917. The number of likely N-dealkylation sites (tertiary alicyclic amines) is 1. The second-order valence-corrected chi connectivity index (χ2v) is 5.27. The zero-order valence-corrected chi connectivity index (χ0v) is 11.5. The number of nitrogens with zero attached hydrogens (tertiary/aromatic N) is 2. The molecule has 1 amide bonds. The average Bonchev–Trinajstić information content (AvgIpc) is 2.45. The number of hydrogen-bond donors (Lipinski definition) is 1. The zero-order chi connectivity index (χ0) is 14.4. The van der Waals surface area contributed by atoms with E-state index in [1.807, 2.05) is 18.2 Å². The zero-order valence-electron chi connectivity index (χ0n) is 11.5. The van der Waals surface area contributed by atoms with E-state index in [-0.39, 0.29) is 18.2 Å². The van der Waals surface area contributed by atoms with Gasteiger partial charge in [0.2, 0.25) is 5.91 Å². The number of rotatable bonds is 5. The molecule has 5 nitrogen and oxygen atoms in total. The largest absolute Gasteiger partial charge is 0.481 e. The molecule has 0 aliphatic carbocycles. The number of carbonyl (C=O) groups excluding carboxylic acids is 1. The summed E-state index contributed by atoms with van der Waals surface area (Å²) in [6, 6.07) is 5.68. The van der Waals surface area contributed by atoms with Gasteiger partial charge in [-0.15, -0.1) is 0 Å². The Bertz CT molecular complexity index is 461. The lowest BCUT2D eigenvalue weighted by Gasteiger charge is -2.32. The summed E-state index contributed by atoms with van der Waals surface area (Å²) in [6.45, 7) is 1.32. The van der Waals surface area contributed by atoms with Crippen molar-refractivity contribution in [2.75, 3.05) is 13.1 Å². The Balaban J connectivity index is 1.81. The normalized spacial score (nSPS) is 18.8. The standard InChI is InChI=1S/C15H20N2O3/c18-14(7-6-13-5-1-2-8-16-13)17-9-3-4-12(11-17)10-15(19)20/h1-2,5,8,12H,3-4,6-7,9-11H2,(H,19,20). The van der Waals surface area contributed by atoms with E-state index in [0.29, 0.717) is 19.4 Å². The average molecular weight is 276 g/mol. The number of piperidine rings is 1. The van der Waals surface area contributed by atoms with Crippen LogP contribution >= 0.6 is 0 Å². The van der Waals surface area contributed by atoms with E-state index < -0.39 is 5.97 Å². The van der Waals surface area contributed by atoms with Gasteiger partial charge in [0.25, 0.3) is 0 Å². The van der Waals surface area contributed by atoms with Crippen LogP contribution in [0.2, 0.25) is 0 Å². The van der Waals surface area contributed by atoms with Crippen molar-refractivity contribution in [3.05, 3.63) is 30.1 Å². The molecule has 1 atom stereocenters. The topological polar surface area (TPSA) is 70.5 Å². The third-order valence-electron chi connectivity index (χ3n) is 3.66. The molecule has 1 aliphatic rings. The maximum absolute atomic E-state index is 12.2. The van der Waals surface area contributed by atoms with Gasteiger partial charge in [-0.3, -0.25) is 14.6 Å². The van der Waals surface area contributed by atoms with Gasteiger partial charge in [0.1, 0.15) is 0 Å². The first-order valence-corrected chi connectivity index (χ1v) is 7.04. The monoisotopic (exact) mass is 276 g/mol. The molecule has 1 N–H and O–H groups in total. The quantitative estimate of drug-likeness (QED) is 0.889. The Morgan fingerprint density at radius 1 is 1.40 bits per heavy atom. The molecule has 1 aliphatic heterocycles. The fourth-order valence-corrected chi connectivity index (χ4v) is 2.64. The predicted molar refractivity (Wildman–Crippen MR) is 74.1 cm³/mol. The minimum atomic E-state index is -0.780. The number of pyridine rings is 1. The molecule has 1 aromatic heterocycles. The molecule has 20 heavy (non-hydrogen) atoms. The molecule has 0 radical (unpaired) electrons. The van der Waals surface area contributed by atoms with Crippen LogP contribution in [0, 0.1) is 5.92 Å². The molecule has 108 valence electrons. The predicted octanol–water partition coefficient (Wildman–Crippen LogP) is 1.73. The summed E-state index contributed by atoms with van der Waals surface area (Å²) in [6.07, 6.45) is 4.76. The third-order valence-corrected chi connectivity index (χ3v) is 3.66. The van der Waals surface area contributed by atoms with E-state index >= 15 is 0 Å². The van der Waals surface area contributed by atoms with Crippen LogP contribution in [0.3, 0.4) is 0 Å². The molecule has 1 unspecified atom stereocenters. The molecular weight excluding hydrogens is 256 g/mol. The second-order valence-electron chi connectivity index (χ2n) is 5.27. The minimum absolute atomic E-state index is 0.0973. The Morgan fingerprint density at radius 3 is 2.95 bits per heavy atom. The number of carboxylic acids is 1.